The minimum Gasteiger partial charge on any atom is -0.358 e. The lowest BCUT2D eigenvalue weighted by Crippen LogP contribution is -2.07. The zero-order valence-corrected chi connectivity index (χ0v) is 15.7. The lowest BCUT2D eigenvalue weighted by Gasteiger charge is -2.12. The summed E-state index contributed by atoms with van der Waals surface area (Å²) in [7, 11) is 0. The topological polar surface area (TPSA) is 70.9 Å². The molecule has 4 rings (SSSR count). The van der Waals surface area contributed by atoms with Crippen molar-refractivity contribution in [2.75, 3.05) is 9.87 Å². The monoisotopic (exact) mass is 492 g/mol. The fourth-order valence-corrected chi connectivity index (χ4v) is 3.27. The van der Waals surface area contributed by atoms with Crippen molar-refractivity contribution < 1.29 is 13.2 Å². The summed E-state index contributed by atoms with van der Waals surface area (Å²) in [4.78, 5) is 8.69. The Morgan fingerprint density at radius 1 is 1.27 bits per heavy atom. The first kappa shape index (κ1) is 17.3. The molecule has 3 heterocycles. The van der Waals surface area contributed by atoms with Crippen LogP contribution in [-0.2, 0) is 6.18 Å². The summed E-state index contributed by atoms with van der Waals surface area (Å²) in [5.74, 6) is 0.383. The number of hydrogen-bond acceptors (Lipinski definition) is 4. The van der Waals surface area contributed by atoms with E-state index in [2.05, 4.69) is 48.1 Å². The van der Waals surface area contributed by atoms with Crippen LogP contribution in [0, 0.1) is 0 Å². The molecule has 2 N–H and O–H groups in total. The van der Waals surface area contributed by atoms with Crippen LogP contribution in [0.15, 0.2) is 30.6 Å². The normalized spacial score (nSPS) is 12.2. The lowest BCUT2D eigenvalue weighted by atomic mass is 10.2. The third-order valence-corrected chi connectivity index (χ3v) is 4.50. The molecule has 0 unspecified atom stereocenters. The maximum absolute atomic E-state index is 13.1. The predicted molar refractivity (Wildman–Crippen MR) is 101 cm³/mol. The summed E-state index contributed by atoms with van der Waals surface area (Å²) in [6, 6.07) is 3.42. The molecule has 4 aromatic rings. The van der Waals surface area contributed by atoms with E-state index < -0.39 is 11.7 Å². The first-order valence-electron chi connectivity index (χ1n) is 7.27. The highest BCUT2D eigenvalue weighted by atomic mass is 127. The Bertz CT molecular complexity index is 1120. The number of hydrogen-bond donors (Lipinski definition) is 2. The molecule has 0 aliphatic rings. The van der Waals surface area contributed by atoms with Gasteiger partial charge in [-0.3, -0.25) is 9.50 Å². The molecule has 0 aliphatic carbocycles. The number of aromatic amines is 1. The molecule has 0 saturated heterocycles. The third kappa shape index (κ3) is 2.76. The fraction of sp³-hybridized carbons (Fsp3) is 0.133. The molecule has 0 spiro atoms. The van der Waals surface area contributed by atoms with Crippen molar-refractivity contribution in [2.24, 2.45) is 0 Å². The minimum atomic E-state index is -4.45. The summed E-state index contributed by atoms with van der Waals surface area (Å²) in [6.07, 6.45) is -1.43. The molecule has 134 valence electrons. The molecule has 0 aliphatic heterocycles. The number of imidazole rings is 1. The van der Waals surface area contributed by atoms with Crippen molar-refractivity contribution in [1.29, 1.82) is 0 Å². The maximum atomic E-state index is 13.1. The SMILES string of the molecule is FC(F)(F)c1ccc2c(c1)nc(NCI)c1ncc(-c3[nH]ncc3Cl)n12. The van der Waals surface area contributed by atoms with Gasteiger partial charge >= 0.3 is 6.18 Å². The smallest absolute Gasteiger partial charge is 0.358 e. The van der Waals surface area contributed by atoms with Gasteiger partial charge in [0.2, 0.25) is 0 Å². The quantitative estimate of drug-likeness (QED) is 0.246. The van der Waals surface area contributed by atoms with Gasteiger partial charge in [0.25, 0.3) is 0 Å². The maximum Gasteiger partial charge on any atom is 0.416 e. The second-order valence-electron chi connectivity index (χ2n) is 5.37. The van der Waals surface area contributed by atoms with Crippen molar-refractivity contribution in [3.05, 3.63) is 41.2 Å². The van der Waals surface area contributed by atoms with Crippen molar-refractivity contribution in [3.63, 3.8) is 0 Å². The number of rotatable bonds is 3. The first-order valence-corrected chi connectivity index (χ1v) is 9.18. The van der Waals surface area contributed by atoms with Gasteiger partial charge in [0.15, 0.2) is 11.5 Å². The number of nitrogens with one attached hydrogen (secondary N) is 2. The van der Waals surface area contributed by atoms with E-state index in [-0.39, 0.29) is 5.52 Å². The molecular weight excluding hydrogens is 484 g/mol. The van der Waals surface area contributed by atoms with E-state index in [9.17, 15) is 13.2 Å². The van der Waals surface area contributed by atoms with Crippen LogP contribution in [-0.4, -0.2) is 29.1 Å². The molecule has 26 heavy (non-hydrogen) atoms. The Hall–Kier alpha value is -2.08. The zero-order chi connectivity index (χ0) is 18.5. The van der Waals surface area contributed by atoms with Gasteiger partial charge in [0.1, 0.15) is 5.69 Å². The molecule has 0 radical (unpaired) electrons. The van der Waals surface area contributed by atoms with E-state index in [1.807, 2.05) is 0 Å². The predicted octanol–water partition coefficient (Wildman–Crippen LogP) is 4.75. The zero-order valence-electron chi connectivity index (χ0n) is 12.8. The molecule has 1 aromatic carbocycles. The molecule has 11 heteroatoms. The van der Waals surface area contributed by atoms with Crippen molar-refractivity contribution in [3.8, 4) is 11.4 Å². The Balaban J connectivity index is 2.09. The standard InChI is InChI=1S/C15H9ClF3IN6/c16-8-4-23-25-12(8)11-5-21-14-13(22-6-20)24-9-3-7(15(17,18)19)1-2-10(9)26(11)14/h1-5H,6H2,(H,22,24)(H,23,25). The third-order valence-electron chi connectivity index (χ3n) is 3.83. The van der Waals surface area contributed by atoms with Gasteiger partial charge in [-0.05, 0) is 18.2 Å². The van der Waals surface area contributed by atoms with Crippen molar-refractivity contribution in [1.82, 2.24) is 24.6 Å². The molecule has 0 bridgehead atoms. The van der Waals surface area contributed by atoms with Crippen LogP contribution < -0.4 is 5.32 Å². The summed E-state index contributed by atoms with van der Waals surface area (Å²) in [5, 5.41) is 10.1. The number of fused-ring (bicyclic) bond motifs is 3. The molecule has 3 aromatic heterocycles. The Kier molecular flexibility index (Phi) is 4.18. The summed E-state index contributed by atoms with van der Waals surface area (Å²) < 4.78 is 41.5. The summed E-state index contributed by atoms with van der Waals surface area (Å²) >= 11 is 8.24. The number of halogens is 5. The number of benzene rings is 1. The van der Waals surface area contributed by atoms with Gasteiger partial charge in [-0.15, -0.1) is 0 Å². The Labute approximate surface area is 162 Å². The van der Waals surface area contributed by atoms with E-state index >= 15 is 0 Å². The van der Waals surface area contributed by atoms with Crippen LogP contribution >= 0.6 is 34.2 Å². The van der Waals surface area contributed by atoms with Crippen LogP contribution in [0.2, 0.25) is 5.02 Å². The first-order chi connectivity index (χ1) is 12.4. The number of anilines is 1. The second-order valence-corrected chi connectivity index (χ2v) is 6.54. The molecule has 0 saturated carbocycles. The average molecular weight is 493 g/mol. The van der Waals surface area contributed by atoms with E-state index in [1.54, 1.807) is 10.6 Å². The van der Waals surface area contributed by atoms with Crippen LogP contribution in [0.4, 0.5) is 19.0 Å². The van der Waals surface area contributed by atoms with E-state index in [0.29, 0.717) is 37.9 Å². The van der Waals surface area contributed by atoms with Crippen LogP contribution in [0.3, 0.4) is 0 Å². The highest BCUT2D eigenvalue weighted by Gasteiger charge is 2.31. The molecule has 0 amide bonds. The largest absolute Gasteiger partial charge is 0.416 e. The number of H-pyrrole nitrogens is 1. The Morgan fingerprint density at radius 2 is 2.08 bits per heavy atom. The van der Waals surface area contributed by atoms with Crippen LogP contribution in [0.5, 0.6) is 0 Å². The second kappa shape index (κ2) is 6.27. The van der Waals surface area contributed by atoms with Crippen molar-refractivity contribution >= 4 is 56.7 Å². The van der Waals surface area contributed by atoms with Gasteiger partial charge in [0.05, 0.1) is 44.3 Å². The average Bonchev–Trinajstić information content (AvgIpc) is 3.20. The van der Waals surface area contributed by atoms with E-state index in [0.717, 1.165) is 12.1 Å². The number of alkyl halides is 4. The van der Waals surface area contributed by atoms with Gasteiger partial charge in [-0.1, -0.05) is 34.2 Å². The lowest BCUT2D eigenvalue weighted by molar-refractivity contribution is -0.137. The molecular formula is C15H9ClF3IN6. The summed E-state index contributed by atoms with van der Waals surface area (Å²) in [5.41, 5.74) is 1.48. The van der Waals surface area contributed by atoms with E-state index in [1.165, 1.54) is 12.3 Å². The molecule has 0 fully saturated rings. The molecule has 6 nitrogen and oxygen atoms in total. The molecule has 0 atom stereocenters. The van der Waals surface area contributed by atoms with Gasteiger partial charge in [-0.2, -0.15) is 18.3 Å². The van der Waals surface area contributed by atoms with Gasteiger partial charge < -0.3 is 5.32 Å². The Morgan fingerprint density at radius 3 is 2.73 bits per heavy atom. The summed E-state index contributed by atoms with van der Waals surface area (Å²) in [6.45, 7) is 0. The van der Waals surface area contributed by atoms with Gasteiger partial charge in [0, 0.05) is 0 Å². The number of aromatic nitrogens is 5. The minimum absolute atomic E-state index is 0.189. The fourth-order valence-electron chi connectivity index (χ4n) is 2.72. The highest BCUT2D eigenvalue weighted by molar-refractivity contribution is 14.1. The van der Waals surface area contributed by atoms with Crippen LogP contribution in [0.25, 0.3) is 28.1 Å². The van der Waals surface area contributed by atoms with E-state index in [4.69, 9.17) is 11.6 Å². The number of nitrogens with zero attached hydrogens (tertiary/aromatic N) is 4. The van der Waals surface area contributed by atoms with Crippen LogP contribution in [0.1, 0.15) is 5.56 Å². The van der Waals surface area contributed by atoms with Crippen molar-refractivity contribution in [2.45, 2.75) is 6.18 Å². The highest BCUT2D eigenvalue weighted by Crippen LogP contribution is 2.34. The van der Waals surface area contributed by atoms with Gasteiger partial charge in [-0.25, -0.2) is 9.97 Å².